The van der Waals surface area contributed by atoms with E-state index in [2.05, 4.69) is 37.4 Å². The molecule has 0 N–H and O–H groups in total. The van der Waals surface area contributed by atoms with Crippen LogP contribution in [0.1, 0.15) is 11.1 Å². The first-order valence-electron chi connectivity index (χ1n) is 10.4. The zero-order valence-electron chi connectivity index (χ0n) is 18.3. The number of halogens is 1. The van der Waals surface area contributed by atoms with Crippen LogP contribution in [0.4, 0.5) is 0 Å². The summed E-state index contributed by atoms with van der Waals surface area (Å²) >= 11 is 9.39. The van der Waals surface area contributed by atoms with Crippen LogP contribution in [-0.2, 0) is 9.84 Å². The van der Waals surface area contributed by atoms with Crippen molar-refractivity contribution in [1.82, 2.24) is 0 Å². The maximum atomic E-state index is 13.6. The van der Waals surface area contributed by atoms with Crippen LogP contribution in [0.3, 0.4) is 0 Å². The van der Waals surface area contributed by atoms with E-state index in [4.69, 9.17) is 11.6 Å². The highest BCUT2D eigenvalue weighted by molar-refractivity contribution is 7.92. The van der Waals surface area contributed by atoms with Crippen LogP contribution in [0.5, 0.6) is 0 Å². The number of benzene rings is 2. The van der Waals surface area contributed by atoms with E-state index in [1.54, 1.807) is 22.7 Å². The molecule has 0 saturated carbocycles. The number of thiophene rings is 2. The minimum atomic E-state index is -3.53. The van der Waals surface area contributed by atoms with Gasteiger partial charge in [-0.2, -0.15) is 0 Å². The normalized spacial score (nSPS) is 14.4. The second-order valence-electron chi connectivity index (χ2n) is 8.89. The van der Waals surface area contributed by atoms with Crippen molar-refractivity contribution in [2.45, 2.75) is 36.7 Å². The topological polar surface area (TPSA) is 34.1 Å². The summed E-state index contributed by atoms with van der Waals surface area (Å²) in [4.78, 5) is 4.86. The molecule has 0 unspecified atom stereocenters. The van der Waals surface area contributed by atoms with Crippen LogP contribution >= 0.6 is 34.3 Å². The number of hydrogen-bond donors (Lipinski definition) is 0. The lowest BCUT2D eigenvalue weighted by molar-refractivity contribution is 0.598. The molecular formula is C25H23ClO2S3Si. The Labute approximate surface area is 203 Å². The van der Waals surface area contributed by atoms with E-state index in [1.165, 1.54) is 5.19 Å². The third kappa shape index (κ3) is 3.19. The summed E-state index contributed by atoms with van der Waals surface area (Å²) in [6.45, 7) is 8.40. The van der Waals surface area contributed by atoms with Crippen molar-refractivity contribution in [3.63, 3.8) is 0 Å². The first kappa shape index (κ1) is 22.1. The third-order valence-electron chi connectivity index (χ3n) is 6.23. The van der Waals surface area contributed by atoms with Gasteiger partial charge in [0, 0.05) is 15.3 Å². The van der Waals surface area contributed by atoms with E-state index >= 15 is 0 Å². The van der Waals surface area contributed by atoms with Gasteiger partial charge in [-0.15, -0.1) is 34.3 Å². The Kier molecular flexibility index (Phi) is 5.30. The summed E-state index contributed by atoms with van der Waals surface area (Å²) in [5.74, 6) is 0. The lowest BCUT2D eigenvalue weighted by Gasteiger charge is -2.19. The van der Waals surface area contributed by atoms with E-state index in [-0.39, 0.29) is 0 Å². The number of alkyl halides is 1. The Morgan fingerprint density at radius 3 is 1.69 bits per heavy atom. The first-order valence-corrected chi connectivity index (χ1v) is 17.3. The van der Waals surface area contributed by atoms with Gasteiger partial charge in [-0.25, -0.2) is 8.42 Å². The zero-order valence-corrected chi connectivity index (χ0v) is 22.5. The standard InChI is InChI=1S/C25H23ClO2S3Si/c1-15-20(17-8-6-5-7-9-17)29-22-23-25(31(27,28)24(15)22)16(2)21(30-23)18-10-12-19(13-11-18)32(3,4)14-26/h5-13H,14H2,1-4H3. The summed E-state index contributed by atoms with van der Waals surface area (Å²) in [7, 11) is -5.15. The molecule has 0 bridgehead atoms. The molecule has 1 aliphatic heterocycles. The van der Waals surface area contributed by atoms with Crippen molar-refractivity contribution < 1.29 is 8.42 Å². The second-order valence-corrected chi connectivity index (χ2v) is 18.2. The highest BCUT2D eigenvalue weighted by atomic mass is 35.5. The average Bonchev–Trinajstić information content (AvgIpc) is 3.38. The Balaban J connectivity index is 1.65. The van der Waals surface area contributed by atoms with Crippen molar-refractivity contribution in [2.75, 3.05) is 5.50 Å². The van der Waals surface area contributed by atoms with Crippen molar-refractivity contribution in [2.24, 2.45) is 0 Å². The molecule has 0 amide bonds. The number of sulfone groups is 1. The minimum absolute atomic E-state index is 0.501. The molecular weight excluding hydrogens is 492 g/mol. The summed E-state index contributed by atoms with van der Waals surface area (Å²) in [6.07, 6.45) is 0. The fraction of sp³-hybridized carbons (Fsp3) is 0.200. The molecule has 4 aromatic rings. The van der Waals surface area contributed by atoms with Crippen LogP contribution in [-0.4, -0.2) is 22.0 Å². The van der Waals surface area contributed by atoms with Gasteiger partial charge in [0.2, 0.25) is 9.84 Å². The summed E-state index contributed by atoms with van der Waals surface area (Å²) < 4.78 is 27.3. The molecule has 0 fully saturated rings. The van der Waals surface area contributed by atoms with Gasteiger partial charge < -0.3 is 0 Å². The van der Waals surface area contributed by atoms with E-state index < -0.39 is 17.9 Å². The van der Waals surface area contributed by atoms with Crippen LogP contribution in [0.2, 0.25) is 13.1 Å². The van der Waals surface area contributed by atoms with Gasteiger partial charge in [-0.05, 0) is 36.1 Å². The lowest BCUT2D eigenvalue weighted by Crippen LogP contribution is -2.43. The maximum absolute atomic E-state index is 13.6. The van der Waals surface area contributed by atoms with E-state index in [0.717, 1.165) is 41.8 Å². The molecule has 0 saturated heterocycles. The SMILES string of the molecule is Cc1c(-c2ccccc2)sc2c1S(=O)(=O)c1c-2sc(-c2ccc([Si](C)(C)CCl)cc2)c1C. The third-order valence-corrected chi connectivity index (χ3v) is 16.0. The fourth-order valence-corrected chi connectivity index (χ4v) is 11.7. The Morgan fingerprint density at radius 2 is 1.22 bits per heavy atom. The van der Waals surface area contributed by atoms with Gasteiger partial charge in [0.05, 0.1) is 27.6 Å². The number of fused-ring (bicyclic) bond motifs is 3. The second kappa shape index (κ2) is 7.67. The van der Waals surface area contributed by atoms with Gasteiger partial charge in [-0.3, -0.25) is 0 Å². The Bertz CT molecular complexity index is 1450. The van der Waals surface area contributed by atoms with Crippen molar-refractivity contribution in [3.8, 4) is 30.6 Å². The molecule has 32 heavy (non-hydrogen) atoms. The summed E-state index contributed by atoms with van der Waals surface area (Å²) in [5.41, 5.74) is 4.53. The molecule has 2 nitrogen and oxygen atoms in total. The smallest absolute Gasteiger partial charge is 0.210 e. The van der Waals surface area contributed by atoms with E-state index in [0.29, 0.717) is 15.3 Å². The van der Waals surface area contributed by atoms with Gasteiger partial charge in [0.1, 0.15) is 0 Å². The van der Waals surface area contributed by atoms with Crippen LogP contribution in [0.25, 0.3) is 30.6 Å². The highest BCUT2D eigenvalue weighted by Crippen LogP contribution is 2.58. The van der Waals surface area contributed by atoms with Crippen LogP contribution < -0.4 is 5.19 Å². The minimum Gasteiger partial charge on any atom is -0.218 e. The summed E-state index contributed by atoms with van der Waals surface area (Å²) in [6, 6.07) is 18.6. The molecule has 0 atom stereocenters. The van der Waals surface area contributed by atoms with Crippen LogP contribution in [0.15, 0.2) is 64.4 Å². The molecule has 1 aliphatic rings. The van der Waals surface area contributed by atoms with Gasteiger partial charge in [0.15, 0.2) is 0 Å². The van der Waals surface area contributed by atoms with Gasteiger partial charge >= 0.3 is 0 Å². The first-order chi connectivity index (χ1) is 15.2. The molecule has 3 heterocycles. The zero-order chi connectivity index (χ0) is 22.8. The summed E-state index contributed by atoms with van der Waals surface area (Å²) in [5, 5.41) is 1.31. The van der Waals surface area contributed by atoms with E-state index in [1.807, 2.05) is 44.2 Å². The monoisotopic (exact) mass is 514 g/mol. The largest absolute Gasteiger partial charge is 0.218 e. The maximum Gasteiger partial charge on any atom is 0.210 e. The van der Waals surface area contributed by atoms with Gasteiger partial charge in [0.25, 0.3) is 0 Å². The van der Waals surface area contributed by atoms with Gasteiger partial charge in [-0.1, -0.05) is 72.9 Å². The molecule has 2 aromatic carbocycles. The predicted molar refractivity (Wildman–Crippen MR) is 141 cm³/mol. The highest BCUT2D eigenvalue weighted by Gasteiger charge is 2.41. The molecule has 5 rings (SSSR count). The van der Waals surface area contributed by atoms with Crippen molar-refractivity contribution in [3.05, 3.63) is 65.7 Å². The number of hydrogen-bond acceptors (Lipinski definition) is 4. The average molecular weight is 515 g/mol. The molecule has 0 aliphatic carbocycles. The molecule has 164 valence electrons. The van der Waals surface area contributed by atoms with E-state index in [9.17, 15) is 8.42 Å². The quantitative estimate of drug-likeness (QED) is 0.187. The fourth-order valence-electron chi connectivity index (χ4n) is 4.34. The molecule has 2 aromatic heterocycles. The predicted octanol–water partition coefficient (Wildman–Crippen LogP) is 7.27. The Morgan fingerprint density at radius 1 is 0.750 bits per heavy atom. The van der Waals surface area contributed by atoms with Crippen molar-refractivity contribution >= 4 is 57.4 Å². The molecule has 7 heteroatoms. The lowest BCUT2D eigenvalue weighted by atomic mass is 10.1. The molecule has 0 spiro atoms. The van der Waals surface area contributed by atoms with Crippen molar-refractivity contribution in [1.29, 1.82) is 0 Å². The Hall–Kier alpha value is -1.70. The number of rotatable bonds is 4. The molecule has 0 radical (unpaired) electrons. The van der Waals surface area contributed by atoms with Crippen LogP contribution in [0, 0.1) is 13.8 Å².